The lowest BCUT2D eigenvalue weighted by atomic mass is 10.1. The van der Waals surface area contributed by atoms with E-state index in [0.717, 1.165) is 11.3 Å². The van der Waals surface area contributed by atoms with Crippen molar-refractivity contribution in [3.63, 3.8) is 0 Å². The molecule has 6 heteroatoms. The zero-order chi connectivity index (χ0) is 24.0. The van der Waals surface area contributed by atoms with Gasteiger partial charge in [0.25, 0.3) is 5.91 Å². The van der Waals surface area contributed by atoms with Gasteiger partial charge in [-0.05, 0) is 60.7 Å². The predicted octanol–water partition coefficient (Wildman–Crippen LogP) is 7.06. The monoisotopic (exact) mass is 462 g/mol. The second kappa shape index (κ2) is 9.97. The van der Waals surface area contributed by atoms with Gasteiger partial charge in [0.1, 0.15) is 11.5 Å². The van der Waals surface area contributed by atoms with E-state index in [1.807, 2.05) is 84.9 Å². The van der Waals surface area contributed by atoms with Gasteiger partial charge in [-0.25, -0.2) is 4.98 Å². The van der Waals surface area contributed by atoms with Crippen molar-refractivity contribution in [1.29, 1.82) is 0 Å². The quantitative estimate of drug-likeness (QED) is 0.280. The highest BCUT2D eigenvalue weighted by Gasteiger charge is 2.18. The molecule has 0 bridgehead atoms. The molecule has 0 fully saturated rings. The van der Waals surface area contributed by atoms with E-state index in [0.29, 0.717) is 40.0 Å². The minimum absolute atomic E-state index is 0.297. The molecule has 0 spiro atoms. The number of oxazole rings is 1. The van der Waals surface area contributed by atoms with E-state index >= 15 is 0 Å². The van der Waals surface area contributed by atoms with Gasteiger partial charge in [0, 0.05) is 11.1 Å². The van der Waals surface area contributed by atoms with E-state index in [4.69, 9.17) is 13.9 Å². The highest BCUT2D eigenvalue weighted by Crippen LogP contribution is 2.32. The summed E-state index contributed by atoms with van der Waals surface area (Å²) in [5, 5.41) is 2.96. The average molecular weight is 463 g/mol. The van der Waals surface area contributed by atoms with Crippen molar-refractivity contribution in [3.05, 3.63) is 115 Å². The van der Waals surface area contributed by atoms with Gasteiger partial charge in [-0.15, -0.1) is 0 Å². The number of carbonyl (C=O) groups excluding carboxylic acids is 1. The lowest BCUT2D eigenvalue weighted by molar-refractivity contribution is 0.102. The first kappa shape index (κ1) is 22.0. The van der Waals surface area contributed by atoms with E-state index in [2.05, 4.69) is 10.3 Å². The van der Waals surface area contributed by atoms with E-state index < -0.39 is 0 Å². The van der Waals surface area contributed by atoms with E-state index in [-0.39, 0.29) is 5.91 Å². The molecule has 172 valence electrons. The molecule has 1 amide bonds. The molecule has 0 saturated carbocycles. The van der Waals surface area contributed by atoms with E-state index in [1.165, 1.54) is 0 Å². The van der Waals surface area contributed by atoms with Crippen LogP contribution in [0.5, 0.6) is 17.2 Å². The molecule has 0 aliphatic heterocycles. The molecule has 0 aliphatic carbocycles. The first-order valence-electron chi connectivity index (χ1n) is 11.0. The Bertz CT molecular complexity index is 1440. The number of benzene rings is 4. The summed E-state index contributed by atoms with van der Waals surface area (Å²) in [6.45, 7) is 0. The van der Waals surface area contributed by atoms with Gasteiger partial charge in [-0.2, -0.15) is 0 Å². The van der Waals surface area contributed by atoms with Crippen LogP contribution in [-0.4, -0.2) is 18.0 Å². The maximum absolute atomic E-state index is 13.3. The molecular formula is C29H22N2O4. The van der Waals surface area contributed by atoms with Crippen molar-refractivity contribution in [3.8, 4) is 40.0 Å². The number of rotatable bonds is 7. The van der Waals surface area contributed by atoms with Crippen LogP contribution < -0.4 is 14.8 Å². The van der Waals surface area contributed by atoms with Crippen LogP contribution in [0.4, 0.5) is 5.69 Å². The number of amides is 1. The number of methoxy groups -OCH3 is 1. The topological polar surface area (TPSA) is 73.6 Å². The van der Waals surface area contributed by atoms with Gasteiger partial charge >= 0.3 is 0 Å². The Balaban J connectivity index is 1.40. The Labute approximate surface area is 202 Å². The largest absolute Gasteiger partial charge is 0.497 e. The summed E-state index contributed by atoms with van der Waals surface area (Å²) in [6.07, 6.45) is 1.65. The molecule has 0 atom stereocenters. The number of hydrogen-bond donors (Lipinski definition) is 1. The van der Waals surface area contributed by atoms with Gasteiger partial charge in [-0.3, -0.25) is 4.79 Å². The van der Waals surface area contributed by atoms with Crippen LogP contribution in [0, 0.1) is 0 Å². The Morgan fingerprint density at radius 3 is 2.31 bits per heavy atom. The number of aromatic nitrogens is 1. The average Bonchev–Trinajstić information content (AvgIpc) is 3.41. The van der Waals surface area contributed by atoms with Crippen molar-refractivity contribution in [2.24, 2.45) is 0 Å². The molecular weight excluding hydrogens is 440 g/mol. The highest BCUT2D eigenvalue weighted by atomic mass is 16.5. The lowest BCUT2D eigenvalue weighted by Gasteiger charge is -2.13. The third-order valence-corrected chi connectivity index (χ3v) is 5.39. The number of nitrogens with one attached hydrogen (secondary N) is 1. The summed E-state index contributed by atoms with van der Waals surface area (Å²) < 4.78 is 17.2. The maximum atomic E-state index is 13.3. The maximum Gasteiger partial charge on any atom is 0.256 e. The molecule has 0 radical (unpaired) electrons. The molecule has 35 heavy (non-hydrogen) atoms. The van der Waals surface area contributed by atoms with Crippen molar-refractivity contribution in [2.75, 3.05) is 12.4 Å². The number of nitrogens with zero attached hydrogens (tertiary/aromatic N) is 1. The van der Waals surface area contributed by atoms with Gasteiger partial charge < -0.3 is 19.2 Å². The fraction of sp³-hybridized carbons (Fsp3) is 0.0345. The van der Waals surface area contributed by atoms with E-state index in [9.17, 15) is 4.79 Å². The molecule has 0 aliphatic rings. The highest BCUT2D eigenvalue weighted by molar-refractivity contribution is 6.08. The normalized spacial score (nSPS) is 10.5. The second-order valence-electron chi connectivity index (χ2n) is 7.67. The smallest absolute Gasteiger partial charge is 0.256 e. The number of carbonyl (C=O) groups is 1. The summed E-state index contributed by atoms with van der Waals surface area (Å²) >= 11 is 0. The first-order chi connectivity index (χ1) is 17.2. The van der Waals surface area contributed by atoms with Crippen LogP contribution in [0.15, 0.2) is 114 Å². The Hall–Kier alpha value is -4.84. The Morgan fingerprint density at radius 2 is 1.51 bits per heavy atom. The summed E-state index contributed by atoms with van der Waals surface area (Å²) in [7, 11) is 1.62. The number of ether oxygens (including phenoxy) is 2. The minimum Gasteiger partial charge on any atom is -0.497 e. The lowest BCUT2D eigenvalue weighted by Crippen LogP contribution is -2.13. The van der Waals surface area contributed by atoms with Gasteiger partial charge in [0.2, 0.25) is 5.89 Å². The summed E-state index contributed by atoms with van der Waals surface area (Å²) in [5.41, 5.74) is 2.44. The summed E-state index contributed by atoms with van der Waals surface area (Å²) in [5.74, 6) is 2.64. The SMILES string of the molecule is COc1ccc(-c2cnc(-c3ccccc3C(=O)Nc3ccccc3Oc3ccccc3)o2)cc1. The van der Waals surface area contributed by atoms with Crippen molar-refractivity contribution >= 4 is 11.6 Å². The third kappa shape index (κ3) is 4.91. The number of para-hydroxylation sites is 3. The van der Waals surface area contributed by atoms with Crippen LogP contribution in [0.3, 0.4) is 0 Å². The van der Waals surface area contributed by atoms with Crippen molar-refractivity contribution in [2.45, 2.75) is 0 Å². The van der Waals surface area contributed by atoms with Crippen LogP contribution in [0.2, 0.25) is 0 Å². The van der Waals surface area contributed by atoms with Gasteiger partial charge in [0.15, 0.2) is 11.5 Å². The standard InChI is InChI=1S/C29H22N2O4/c1-33-21-17-15-20(16-18-21)27-19-30-29(35-27)24-12-6-5-11-23(24)28(32)31-25-13-7-8-14-26(25)34-22-9-3-2-4-10-22/h2-19H,1H3,(H,31,32). The molecule has 6 nitrogen and oxygen atoms in total. The number of hydrogen-bond acceptors (Lipinski definition) is 5. The van der Waals surface area contributed by atoms with E-state index in [1.54, 1.807) is 31.5 Å². The molecule has 5 aromatic rings. The fourth-order valence-corrected chi connectivity index (χ4v) is 3.62. The number of anilines is 1. The van der Waals surface area contributed by atoms with Crippen molar-refractivity contribution < 1.29 is 18.7 Å². The van der Waals surface area contributed by atoms with Gasteiger partial charge in [-0.1, -0.05) is 42.5 Å². The molecule has 4 aromatic carbocycles. The predicted molar refractivity (Wildman–Crippen MR) is 135 cm³/mol. The first-order valence-corrected chi connectivity index (χ1v) is 11.0. The molecule has 1 heterocycles. The molecule has 0 unspecified atom stereocenters. The third-order valence-electron chi connectivity index (χ3n) is 5.39. The van der Waals surface area contributed by atoms with Gasteiger partial charge in [0.05, 0.1) is 24.6 Å². The fourth-order valence-electron chi connectivity index (χ4n) is 3.62. The summed E-state index contributed by atoms with van der Waals surface area (Å²) in [6, 6.07) is 31.4. The zero-order valence-electron chi connectivity index (χ0n) is 19.0. The van der Waals surface area contributed by atoms with Crippen molar-refractivity contribution in [1.82, 2.24) is 4.98 Å². The van der Waals surface area contributed by atoms with Crippen LogP contribution in [-0.2, 0) is 0 Å². The minimum atomic E-state index is -0.297. The molecule has 5 rings (SSSR count). The molecule has 0 saturated heterocycles. The molecule has 1 N–H and O–H groups in total. The Morgan fingerprint density at radius 1 is 0.800 bits per heavy atom. The zero-order valence-corrected chi connectivity index (χ0v) is 19.0. The molecule has 1 aromatic heterocycles. The second-order valence-corrected chi connectivity index (χ2v) is 7.67. The van der Waals surface area contributed by atoms with Crippen LogP contribution >= 0.6 is 0 Å². The summed E-state index contributed by atoms with van der Waals surface area (Å²) in [4.78, 5) is 17.7. The Kier molecular flexibility index (Phi) is 6.26. The van der Waals surface area contributed by atoms with Crippen LogP contribution in [0.1, 0.15) is 10.4 Å². The van der Waals surface area contributed by atoms with Crippen LogP contribution in [0.25, 0.3) is 22.8 Å².